The Kier molecular flexibility index (Phi) is 1.94. The topological polar surface area (TPSA) is 12.9 Å². The summed E-state index contributed by atoms with van der Waals surface area (Å²) in [5, 5.41) is 2.89. The first-order valence-corrected chi connectivity index (χ1v) is 5.88. The molecule has 3 aromatic rings. The average Bonchev–Trinajstić information content (AvgIpc) is 2.56. The molecule has 0 atom stereocenters. The third kappa shape index (κ3) is 1.33. The van der Waals surface area contributed by atoms with Gasteiger partial charge in [-0.05, 0) is 24.6 Å². The zero-order chi connectivity index (χ0) is 10.4. The zero-order valence-electron chi connectivity index (χ0n) is 8.12. The van der Waals surface area contributed by atoms with Crippen molar-refractivity contribution in [3.05, 3.63) is 41.2 Å². The first kappa shape index (κ1) is 9.13. The molecule has 15 heavy (non-hydrogen) atoms. The summed E-state index contributed by atoms with van der Waals surface area (Å²) in [6.07, 6.45) is 1.76. The van der Waals surface area contributed by atoms with Crippen LogP contribution in [0.3, 0.4) is 0 Å². The fraction of sp³-hybridized carbons (Fsp3) is 0.0833. The highest BCUT2D eigenvalue weighted by Crippen LogP contribution is 2.36. The minimum atomic E-state index is 0.600. The number of fused-ring (bicyclic) bond motifs is 3. The normalized spacial score (nSPS) is 11.3. The molecule has 1 nitrogen and oxygen atoms in total. The van der Waals surface area contributed by atoms with E-state index >= 15 is 0 Å². The van der Waals surface area contributed by atoms with Gasteiger partial charge in [-0.25, -0.2) is 4.98 Å². The van der Waals surface area contributed by atoms with E-state index < -0.39 is 0 Å². The Hall–Kier alpha value is -1.12. The van der Waals surface area contributed by atoms with E-state index in [4.69, 9.17) is 11.6 Å². The van der Waals surface area contributed by atoms with E-state index in [0.717, 1.165) is 5.39 Å². The van der Waals surface area contributed by atoms with Crippen LogP contribution in [-0.2, 0) is 0 Å². The van der Waals surface area contributed by atoms with Gasteiger partial charge in [0.25, 0.3) is 0 Å². The van der Waals surface area contributed by atoms with Gasteiger partial charge in [-0.1, -0.05) is 23.7 Å². The maximum atomic E-state index is 6.11. The summed E-state index contributed by atoms with van der Waals surface area (Å²) >= 11 is 7.88. The molecule has 3 heteroatoms. The van der Waals surface area contributed by atoms with Crippen LogP contribution in [0.1, 0.15) is 5.56 Å². The summed E-state index contributed by atoms with van der Waals surface area (Å²) < 4.78 is 2.48. The number of pyridine rings is 1. The van der Waals surface area contributed by atoms with E-state index in [2.05, 4.69) is 30.1 Å². The van der Waals surface area contributed by atoms with Gasteiger partial charge < -0.3 is 0 Å². The predicted octanol–water partition coefficient (Wildman–Crippen LogP) is 4.41. The molecular weight excluding hydrogens is 226 g/mol. The van der Waals surface area contributed by atoms with Crippen molar-refractivity contribution >= 4 is 43.1 Å². The van der Waals surface area contributed by atoms with Crippen LogP contribution in [0.5, 0.6) is 0 Å². The van der Waals surface area contributed by atoms with Gasteiger partial charge in [-0.3, -0.25) is 0 Å². The van der Waals surface area contributed by atoms with Crippen LogP contribution in [0.2, 0.25) is 5.15 Å². The number of rotatable bonds is 0. The molecule has 0 unspecified atom stereocenters. The van der Waals surface area contributed by atoms with E-state index in [1.807, 2.05) is 6.07 Å². The first-order valence-electron chi connectivity index (χ1n) is 4.69. The van der Waals surface area contributed by atoms with Crippen molar-refractivity contribution in [1.29, 1.82) is 0 Å². The maximum Gasteiger partial charge on any atom is 0.138 e. The summed E-state index contributed by atoms with van der Waals surface area (Å²) in [5.74, 6) is 0. The van der Waals surface area contributed by atoms with Crippen molar-refractivity contribution in [3.63, 3.8) is 0 Å². The zero-order valence-corrected chi connectivity index (χ0v) is 9.69. The molecule has 2 aromatic heterocycles. The number of halogens is 1. The number of thiophene rings is 1. The van der Waals surface area contributed by atoms with Crippen molar-refractivity contribution in [2.75, 3.05) is 0 Å². The van der Waals surface area contributed by atoms with Gasteiger partial charge in [0.05, 0.1) is 0 Å². The first-order chi connectivity index (χ1) is 7.25. The Morgan fingerprint density at radius 1 is 1.20 bits per heavy atom. The molecule has 0 amide bonds. The minimum Gasteiger partial charge on any atom is -0.244 e. The molecule has 0 saturated carbocycles. The van der Waals surface area contributed by atoms with Crippen LogP contribution in [0.25, 0.3) is 20.2 Å². The van der Waals surface area contributed by atoms with Gasteiger partial charge >= 0.3 is 0 Å². The Bertz CT molecular complexity index is 657. The van der Waals surface area contributed by atoms with Gasteiger partial charge in [0, 0.05) is 26.4 Å². The van der Waals surface area contributed by atoms with Gasteiger partial charge in [0.2, 0.25) is 0 Å². The monoisotopic (exact) mass is 233 g/mol. The third-order valence-electron chi connectivity index (χ3n) is 2.49. The lowest BCUT2D eigenvalue weighted by atomic mass is 10.1. The molecule has 0 radical (unpaired) electrons. The Balaban J connectivity index is 2.59. The number of hydrogen-bond donors (Lipinski definition) is 0. The quantitative estimate of drug-likeness (QED) is 0.524. The van der Waals surface area contributed by atoms with Crippen LogP contribution < -0.4 is 0 Å². The van der Waals surface area contributed by atoms with E-state index in [-0.39, 0.29) is 0 Å². The minimum absolute atomic E-state index is 0.600. The third-order valence-corrected chi connectivity index (χ3v) is 3.90. The molecule has 0 aliphatic carbocycles. The van der Waals surface area contributed by atoms with Crippen molar-refractivity contribution in [2.24, 2.45) is 0 Å². The van der Waals surface area contributed by atoms with Crippen LogP contribution >= 0.6 is 22.9 Å². The number of hydrogen-bond acceptors (Lipinski definition) is 2. The molecule has 0 saturated heterocycles. The van der Waals surface area contributed by atoms with Gasteiger partial charge in [-0.2, -0.15) is 0 Å². The second kappa shape index (κ2) is 3.19. The number of aromatic nitrogens is 1. The van der Waals surface area contributed by atoms with E-state index in [9.17, 15) is 0 Å². The second-order valence-corrected chi connectivity index (χ2v) is 5.02. The van der Waals surface area contributed by atoms with Crippen LogP contribution in [0.15, 0.2) is 30.5 Å². The predicted molar refractivity (Wildman–Crippen MR) is 66.9 cm³/mol. The summed E-state index contributed by atoms with van der Waals surface area (Å²) in [7, 11) is 0. The molecule has 0 aliphatic heterocycles. The Labute approximate surface area is 96.3 Å². The van der Waals surface area contributed by atoms with Crippen molar-refractivity contribution in [1.82, 2.24) is 4.98 Å². The fourth-order valence-corrected chi connectivity index (χ4v) is 3.30. The van der Waals surface area contributed by atoms with E-state index in [0.29, 0.717) is 5.15 Å². The SMILES string of the molecule is Cc1ccc2c(c1)sc1ccnc(Cl)c12. The second-order valence-electron chi connectivity index (χ2n) is 3.58. The van der Waals surface area contributed by atoms with Crippen molar-refractivity contribution < 1.29 is 0 Å². The average molecular weight is 234 g/mol. The van der Waals surface area contributed by atoms with Crippen molar-refractivity contribution in [2.45, 2.75) is 6.92 Å². The van der Waals surface area contributed by atoms with Gasteiger partial charge in [0.15, 0.2) is 0 Å². The highest BCUT2D eigenvalue weighted by Gasteiger charge is 2.08. The fourth-order valence-electron chi connectivity index (χ4n) is 1.79. The molecule has 0 spiro atoms. The van der Waals surface area contributed by atoms with Gasteiger partial charge in [-0.15, -0.1) is 11.3 Å². The summed E-state index contributed by atoms with van der Waals surface area (Å²) in [5.41, 5.74) is 1.28. The Morgan fingerprint density at radius 3 is 2.93 bits per heavy atom. The largest absolute Gasteiger partial charge is 0.244 e. The summed E-state index contributed by atoms with van der Waals surface area (Å²) in [6, 6.07) is 8.44. The highest BCUT2D eigenvalue weighted by atomic mass is 35.5. The maximum absolute atomic E-state index is 6.11. The highest BCUT2D eigenvalue weighted by molar-refractivity contribution is 7.25. The smallest absolute Gasteiger partial charge is 0.138 e. The molecule has 1 aromatic carbocycles. The summed E-state index contributed by atoms with van der Waals surface area (Å²) in [6.45, 7) is 2.10. The molecular formula is C12H8ClNS. The van der Waals surface area contributed by atoms with E-state index in [1.165, 1.54) is 20.3 Å². The molecule has 74 valence electrons. The molecule has 0 fully saturated rings. The standard InChI is InChI=1S/C12H8ClNS/c1-7-2-3-8-10(6-7)15-9-4-5-14-12(13)11(8)9/h2-6H,1H3. The lowest BCUT2D eigenvalue weighted by Gasteiger charge is -1.94. The van der Waals surface area contributed by atoms with Crippen LogP contribution in [-0.4, -0.2) is 4.98 Å². The molecule has 0 N–H and O–H groups in total. The van der Waals surface area contributed by atoms with Crippen molar-refractivity contribution in [3.8, 4) is 0 Å². The Morgan fingerprint density at radius 2 is 2.07 bits per heavy atom. The van der Waals surface area contributed by atoms with E-state index in [1.54, 1.807) is 17.5 Å². The molecule has 0 aliphatic rings. The van der Waals surface area contributed by atoms with Gasteiger partial charge in [0.1, 0.15) is 5.15 Å². The molecule has 2 heterocycles. The van der Waals surface area contributed by atoms with Crippen LogP contribution in [0, 0.1) is 6.92 Å². The molecule has 0 bridgehead atoms. The lowest BCUT2D eigenvalue weighted by Crippen LogP contribution is -1.74. The number of aryl methyl sites for hydroxylation is 1. The molecule has 3 rings (SSSR count). The van der Waals surface area contributed by atoms with Crippen LogP contribution in [0.4, 0.5) is 0 Å². The summed E-state index contributed by atoms with van der Waals surface area (Å²) in [4.78, 5) is 4.12. The lowest BCUT2D eigenvalue weighted by molar-refractivity contribution is 1.37. The number of benzene rings is 1. The number of nitrogens with zero attached hydrogens (tertiary/aromatic N) is 1.